The molecule has 3 atom stereocenters. The van der Waals surface area contributed by atoms with Gasteiger partial charge in [-0.15, -0.1) is 0 Å². The van der Waals surface area contributed by atoms with Crippen LogP contribution in [0.25, 0.3) is 0 Å². The minimum atomic E-state index is 0.827. The van der Waals surface area contributed by atoms with Gasteiger partial charge in [-0.25, -0.2) is 0 Å². The van der Waals surface area contributed by atoms with Gasteiger partial charge in [0.25, 0.3) is 0 Å². The smallest absolute Gasteiger partial charge is 0.0264 e. The molecule has 1 spiro atoms. The van der Waals surface area contributed by atoms with Crippen LogP contribution in [0.1, 0.15) is 52.9 Å². The maximum absolute atomic E-state index is 2.43. The third-order valence-electron chi connectivity index (χ3n) is 4.43. The summed E-state index contributed by atoms with van der Waals surface area (Å²) in [6.07, 6.45) is 7.64. The van der Waals surface area contributed by atoms with Crippen molar-refractivity contribution in [1.29, 1.82) is 0 Å². The van der Waals surface area contributed by atoms with Crippen LogP contribution in [0, 0.1) is 23.2 Å². The fraction of sp³-hybridized carbons (Fsp3) is 1.00. The summed E-state index contributed by atoms with van der Waals surface area (Å²) in [7, 11) is 0. The molecule has 0 aliphatic heterocycles. The first kappa shape index (κ1) is 8.59. The molecular formula is C12H22. The zero-order valence-corrected chi connectivity index (χ0v) is 8.77. The summed E-state index contributed by atoms with van der Waals surface area (Å²) < 4.78 is 0. The number of hydrogen-bond acceptors (Lipinski definition) is 0. The molecule has 2 rings (SSSR count). The van der Waals surface area contributed by atoms with E-state index in [0.717, 1.165) is 23.2 Å². The monoisotopic (exact) mass is 166 g/mol. The van der Waals surface area contributed by atoms with Crippen molar-refractivity contribution in [3.8, 4) is 0 Å². The third kappa shape index (κ3) is 1.11. The van der Waals surface area contributed by atoms with Gasteiger partial charge in [-0.1, -0.05) is 27.2 Å². The Bertz CT molecular complexity index is 171. The highest BCUT2D eigenvalue weighted by atomic mass is 14.6. The van der Waals surface area contributed by atoms with Gasteiger partial charge in [0.2, 0.25) is 0 Å². The van der Waals surface area contributed by atoms with Crippen LogP contribution in [-0.4, -0.2) is 0 Å². The molecule has 0 radical (unpaired) electrons. The summed E-state index contributed by atoms with van der Waals surface area (Å²) in [5, 5.41) is 0. The van der Waals surface area contributed by atoms with Crippen LogP contribution in [-0.2, 0) is 0 Å². The molecule has 0 bridgehead atoms. The molecule has 70 valence electrons. The van der Waals surface area contributed by atoms with Crippen molar-refractivity contribution in [3.63, 3.8) is 0 Å². The molecule has 0 nitrogen and oxygen atoms in total. The Balaban J connectivity index is 2.03. The van der Waals surface area contributed by atoms with Gasteiger partial charge in [-0.2, -0.15) is 0 Å². The predicted octanol–water partition coefficient (Wildman–Crippen LogP) is 3.86. The first-order valence-electron chi connectivity index (χ1n) is 5.64. The molecule has 0 aromatic heterocycles. The molecule has 0 saturated heterocycles. The zero-order chi connectivity index (χ0) is 8.77. The van der Waals surface area contributed by atoms with Gasteiger partial charge in [0.05, 0.1) is 0 Å². The first-order chi connectivity index (χ1) is 5.64. The van der Waals surface area contributed by atoms with Crippen molar-refractivity contribution in [1.82, 2.24) is 0 Å². The van der Waals surface area contributed by atoms with Crippen LogP contribution in [0.5, 0.6) is 0 Å². The van der Waals surface area contributed by atoms with Gasteiger partial charge in [0.1, 0.15) is 0 Å². The third-order valence-corrected chi connectivity index (χ3v) is 4.43. The molecule has 0 aromatic carbocycles. The Hall–Kier alpha value is 0. The van der Waals surface area contributed by atoms with E-state index in [1.807, 2.05) is 0 Å². The Morgan fingerprint density at radius 1 is 1.17 bits per heavy atom. The average Bonchev–Trinajstić information content (AvgIpc) is 2.30. The summed E-state index contributed by atoms with van der Waals surface area (Å²) in [5.74, 6) is 3.03. The molecule has 2 fully saturated rings. The van der Waals surface area contributed by atoms with Crippen molar-refractivity contribution in [3.05, 3.63) is 0 Å². The second-order valence-electron chi connectivity index (χ2n) is 5.60. The van der Waals surface area contributed by atoms with Crippen molar-refractivity contribution < 1.29 is 0 Å². The lowest BCUT2D eigenvalue weighted by Crippen LogP contribution is -2.41. The van der Waals surface area contributed by atoms with Gasteiger partial charge in [-0.3, -0.25) is 0 Å². The van der Waals surface area contributed by atoms with E-state index in [4.69, 9.17) is 0 Å². The molecule has 3 unspecified atom stereocenters. The SMILES string of the molecule is CC1CCC2(CCC2C(C)C)C1. The van der Waals surface area contributed by atoms with E-state index in [-0.39, 0.29) is 0 Å². The van der Waals surface area contributed by atoms with E-state index in [1.165, 1.54) is 25.7 Å². The van der Waals surface area contributed by atoms with Crippen molar-refractivity contribution in [2.45, 2.75) is 52.9 Å². The summed E-state index contributed by atoms with van der Waals surface area (Å²) >= 11 is 0. The summed E-state index contributed by atoms with van der Waals surface area (Å²) in [6.45, 7) is 7.26. The van der Waals surface area contributed by atoms with Gasteiger partial charge >= 0.3 is 0 Å². The molecule has 0 amide bonds. The molecule has 2 saturated carbocycles. The van der Waals surface area contributed by atoms with Gasteiger partial charge in [-0.05, 0) is 48.9 Å². The van der Waals surface area contributed by atoms with E-state index in [9.17, 15) is 0 Å². The molecule has 0 heterocycles. The van der Waals surface area contributed by atoms with Crippen LogP contribution in [0.15, 0.2) is 0 Å². The van der Waals surface area contributed by atoms with Crippen LogP contribution >= 0.6 is 0 Å². The molecule has 12 heavy (non-hydrogen) atoms. The van der Waals surface area contributed by atoms with E-state index in [1.54, 1.807) is 6.42 Å². The number of hydrogen-bond donors (Lipinski definition) is 0. The summed E-state index contributed by atoms with van der Waals surface area (Å²) in [4.78, 5) is 0. The quantitative estimate of drug-likeness (QED) is 0.555. The Morgan fingerprint density at radius 2 is 1.83 bits per heavy atom. The average molecular weight is 166 g/mol. The zero-order valence-electron chi connectivity index (χ0n) is 8.77. The number of rotatable bonds is 1. The van der Waals surface area contributed by atoms with Crippen molar-refractivity contribution >= 4 is 0 Å². The van der Waals surface area contributed by atoms with E-state index in [0.29, 0.717) is 0 Å². The van der Waals surface area contributed by atoms with Crippen molar-refractivity contribution in [2.75, 3.05) is 0 Å². The van der Waals surface area contributed by atoms with Gasteiger partial charge in [0.15, 0.2) is 0 Å². The fourth-order valence-electron chi connectivity index (χ4n) is 3.76. The Labute approximate surface area is 76.7 Å². The van der Waals surface area contributed by atoms with Crippen LogP contribution in [0.3, 0.4) is 0 Å². The van der Waals surface area contributed by atoms with Gasteiger partial charge in [0, 0.05) is 0 Å². The lowest BCUT2D eigenvalue weighted by Gasteiger charge is -2.50. The topological polar surface area (TPSA) is 0 Å². The van der Waals surface area contributed by atoms with Gasteiger partial charge < -0.3 is 0 Å². The van der Waals surface area contributed by atoms with Crippen molar-refractivity contribution in [2.24, 2.45) is 23.2 Å². The second kappa shape index (κ2) is 2.75. The summed E-state index contributed by atoms with van der Waals surface area (Å²) in [5.41, 5.74) is 0.827. The highest BCUT2D eigenvalue weighted by Crippen LogP contribution is 2.60. The Kier molecular flexibility index (Phi) is 1.97. The van der Waals surface area contributed by atoms with E-state index in [2.05, 4.69) is 20.8 Å². The highest BCUT2D eigenvalue weighted by Gasteiger charge is 2.50. The molecule has 2 aliphatic rings. The highest BCUT2D eigenvalue weighted by molar-refractivity contribution is 5.00. The predicted molar refractivity (Wildman–Crippen MR) is 53.0 cm³/mol. The minimum Gasteiger partial charge on any atom is -0.0625 e. The molecule has 0 N–H and O–H groups in total. The van der Waals surface area contributed by atoms with Crippen LogP contribution in [0.2, 0.25) is 0 Å². The normalized spacial score (nSPS) is 47.0. The Morgan fingerprint density at radius 3 is 2.17 bits per heavy atom. The second-order valence-corrected chi connectivity index (χ2v) is 5.60. The maximum Gasteiger partial charge on any atom is -0.0264 e. The maximum atomic E-state index is 2.43. The standard InChI is InChI=1S/C12H22/c1-9(2)11-5-7-12(11)6-4-10(3)8-12/h9-11H,4-8H2,1-3H3. The van der Waals surface area contributed by atoms with E-state index >= 15 is 0 Å². The lowest BCUT2D eigenvalue weighted by molar-refractivity contribution is -0.000668. The fourth-order valence-corrected chi connectivity index (χ4v) is 3.76. The molecular weight excluding hydrogens is 144 g/mol. The van der Waals surface area contributed by atoms with E-state index < -0.39 is 0 Å². The van der Waals surface area contributed by atoms with Crippen LogP contribution in [0.4, 0.5) is 0 Å². The molecule has 0 aromatic rings. The molecule has 2 aliphatic carbocycles. The summed E-state index contributed by atoms with van der Waals surface area (Å²) in [6, 6.07) is 0. The first-order valence-corrected chi connectivity index (χ1v) is 5.64. The minimum absolute atomic E-state index is 0.827. The van der Waals surface area contributed by atoms with Crippen LogP contribution < -0.4 is 0 Å². The molecule has 0 heteroatoms. The lowest BCUT2D eigenvalue weighted by atomic mass is 9.55. The largest absolute Gasteiger partial charge is 0.0625 e.